The maximum atomic E-state index is 12.6. The van der Waals surface area contributed by atoms with Crippen molar-refractivity contribution in [2.45, 2.75) is 10.4 Å². The number of alkyl halides is 3. The van der Waals surface area contributed by atoms with Crippen molar-refractivity contribution in [1.29, 1.82) is 0 Å². The molecule has 0 spiro atoms. The second-order valence-corrected chi connectivity index (χ2v) is 7.14. The van der Waals surface area contributed by atoms with Crippen molar-refractivity contribution in [1.82, 2.24) is 14.8 Å². The van der Waals surface area contributed by atoms with Gasteiger partial charge in [0.2, 0.25) is 0 Å². The van der Waals surface area contributed by atoms with Crippen LogP contribution in [0, 0.1) is 0 Å². The maximum absolute atomic E-state index is 12.6. The first-order valence-electron chi connectivity index (χ1n) is 7.11. The number of sulfone groups is 1. The fourth-order valence-electron chi connectivity index (χ4n) is 2.14. The Morgan fingerprint density at radius 2 is 1.58 bits per heavy atom. The highest BCUT2D eigenvalue weighted by Gasteiger charge is 2.46. The molecule has 0 aliphatic rings. The van der Waals surface area contributed by atoms with Gasteiger partial charge in [-0.1, -0.05) is 24.3 Å². The molecule has 0 amide bonds. The molecule has 0 aliphatic heterocycles. The predicted octanol–water partition coefficient (Wildman–Crippen LogP) is 3.04. The minimum atomic E-state index is -5.39. The van der Waals surface area contributed by atoms with Crippen molar-refractivity contribution in [2.75, 3.05) is 0 Å². The number of halogens is 3. The summed E-state index contributed by atoms with van der Waals surface area (Å²) in [6.07, 6.45) is 2.04. The summed E-state index contributed by atoms with van der Waals surface area (Å²) in [5.74, 6) is 0.342. The Morgan fingerprint density at radius 1 is 0.962 bits per heavy atom. The standard InChI is InChI=1S/C16H10F3N3O3S/c17-16(18,19)26(24,25)14-7-5-13(6-8-14)22-10-20-15(21-22)12-3-1-11(9-23)2-4-12/h1-10H. The Balaban J connectivity index is 1.89. The van der Waals surface area contributed by atoms with Crippen LogP contribution in [0.3, 0.4) is 0 Å². The van der Waals surface area contributed by atoms with Crippen molar-refractivity contribution in [2.24, 2.45) is 0 Å². The first-order chi connectivity index (χ1) is 12.2. The van der Waals surface area contributed by atoms with E-state index in [0.717, 1.165) is 12.1 Å². The second kappa shape index (κ2) is 6.37. The number of hydrogen-bond acceptors (Lipinski definition) is 5. The molecule has 0 aliphatic carbocycles. The van der Waals surface area contributed by atoms with Crippen LogP contribution >= 0.6 is 0 Å². The summed E-state index contributed by atoms with van der Waals surface area (Å²) in [5.41, 5.74) is -3.88. The Morgan fingerprint density at radius 3 is 2.12 bits per heavy atom. The van der Waals surface area contributed by atoms with Crippen molar-refractivity contribution < 1.29 is 26.4 Å². The van der Waals surface area contributed by atoms with Gasteiger partial charge in [0.15, 0.2) is 5.82 Å². The second-order valence-electron chi connectivity index (χ2n) is 5.20. The van der Waals surface area contributed by atoms with Crippen LogP contribution in [0.15, 0.2) is 59.8 Å². The van der Waals surface area contributed by atoms with E-state index in [0.29, 0.717) is 28.9 Å². The third-order valence-electron chi connectivity index (χ3n) is 3.51. The van der Waals surface area contributed by atoms with Crippen LogP contribution in [0.5, 0.6) is 0 Å². The van der Waals surface area contributed by atoms with E-state index in [4.69, 9.17) is 0 Å². The summed E-state index contributed by atoms with van der Waals surface area (Å²) in [7, 11) is -5.39. The molecule has 3 rings (SSSR count). The van der Waals surface area contributed by atoms with Gasteiger partial charge in [0.05, 0.1) is 10.6 Å². The molecule has 0 unspecified atom stereocenters. The Kier molecular flexibility index (Phi) is 4.36. The summed E-state index contributed by atoms with van der Waals surface area (Å²) in [5, 5.41) is 4.19. The maximum Gasteiger partial charge on any atom is 0.501 e. The molecule has 0 saturated carbocycles. The molecule has 26 heavy (non-hydrogen) atoms. The van der Waals surface area contributed by atoms with Crippen molar-refractivity contribution in [3.63, 3.8) is 0 Å². The molecule has 2 aromatic carbocycles. The zero-order chi connectivity index (χ0) is 18.9. The van der Waals surface area contributed by atoms with E-state index in [1.165, 1.54) is 23.1 Å². The molecule has 134 valence electrons. The van der Waals surface area contributed by atoms with Gasteiger partial charge in [-0.15, -0.1) is 5.10 Å². The number of nitrogens with zero attached hydrogens (tertiary/aromatic N) is 3. The molecule has 6 nitrogen and oxygen atoms in total. The molecule has 0 bridgehead atoms. The lowest BCUT2D eigenvalue weighted by atomic mass is 10.1. The van der Waals surface area contributed by atoms with E-state index in [-0.39, 0.29) is 0 Å². The van der Waals surface area contributed by atoms with Crippen LogP contribution < -0.4 is 0 Å². The quantitative estimate of drug-likeness (QED) is 0.649. The van der Waals surface area contributed by atoms with Gasteiger partial charge < -0.3 is 0 Å². The zero-order valence-electron chi connectivity index (χ0n) is 12.9. The van der Waals surface area contributed by atoms with Gasteiger partial charge in [-0.2, -0.15) is 13.2 Å². The number of rotatable bonds is 4. The van der Waals surface area contributed by atoms with Gasteiger partial charge in [0, 0.05) is 11.1 Å². The van der Waals surface area contributed by atoms with Gasteiger partial charge in [-0.25, -0.2) is 18.1 Å². The van der Waals surface area contributed by atoms with Gasteiger partial charge in [0.25, 0.3) is 9.84 Å². The number of hydrogen-bond donors (Lipinski definition) is 0. The molecule has 0 fully saturated rings. The molecule has 1 heterocycles. The zero-order valence-corrected chi connectivity index (χ0v) is 13.7. The van der Waals surface area contributed by atoms with Crippen LogP contribution in [0.2, 0.25) is 0 Å². The summed E-state index contributed by atoms with van der Waals surface area (Å²) in [4.78, 5) is 13.9. The lowest BCUT2D eigenvalue weighted by Gasteiger charge is -2.08. The number of aromatic nitrogens is 3. The lowest BCUT2D eigenvalue weighted by molar-refractivity contribution is -0.0436. The lowest BCUT2D eigenvalue weighted by Crippen LogP contribution is -2.23. The first-order valence-corrected chi connectivity index (χ1v) is 8.60. The van der Waals surface area contributed by atoms with Gasteiger partial charge in [0.1, 0.15) is 12.6 Å². The fourth-order valence-corrected chi connectivity index (χ4v) is 2.90. The smallest absolute Gasteiger partial charge is 0.298 e. The molecular formula is C16H10F3N3O3S. The minimum Gasteiger partial charge on any atom is -0.298 e. The number of aldehydes is 1. The van der Waals surface area contributed by atoms with Crippen LogP contribution in [-0.4, -0.2) is 35.0 Å². The largest absolute Gasteiger partial charge is 0.501 e. The van der Waals surface area contributed by atoms with Crippen LogP contribution in [0.4, 0.5) is 13.2 Å². The van der Waals surface area contributed by atoms with Crippen molar-refractivity contribution in [3.8, 4) is 17.1 Å². The number of carbonyl (C=O) groups is 1. The third-order valence-corrected chi connectivity index (χ3v) is 5.02. The minimum absolute atomic E-state index is 0.342. The van der Waals surface area contributed by atoms with E-state index < -0.39 is 20.2 Å². The average Bonchev–Trinajstić information content (AvgIpc) is 3.11. The van der Waals surface area contributed by atoms with E-state index in [1.54, 1.807) is 24.3 Å². The molecule has 1 aromatic heterocycles. The molecule has 10 heteroatoms. The van der Waals surface area contributed by atoms with Gasteiger partial charge >= 0.3 is 5.51 Å². The van der Waals surface area contributed by atoms with Crippen LogP contribution in [0.25, 0.3) is 17.1 Å². The Bertz CT molecular complexity index is 1040. The normalized spacial score (nSPS) is 12.1. The SMILES string of the molecule is O=Cc1ccc(-c2ncn(-c3ccc(S(=O)(=O)C(F)(F)F)cc3)n2)cc1. The van der Waals surface area contributed by atoms with Crippen LogP contribution in [0.1, 0.15) is 10.4 Å². The van der Waals surface area contributed by atoms with Crippen molar-refractivity contribution >= 4 is 16.1 Å². The summed E-state index contributed by atoms with van der Waals surface area (Å²) >= 11 is 0. The third kappa shape index (κ3) is 3.23. The Hall–Kier alpha value is -3.01. The Labute approximate surface area is 145 Å². The highest BCUT2D eigenvalue weighted by atomic mass is 32.2. The number of benzene rings is 2. The molecular weight excluding hydrogens is 371 g/mol. The van der Waals surface area contributed by atoms with E-state index >= 15 is 0 Å². The number of carbonyl (C=O) groups excluding carboxylic acids is 1. The molecule has 0 saturated heterocycles. The average molecular weight is 381 g/mol. The summed E-state index contributed by atoms with van der Waals surface area (Å²) in [6, 6.07) is 10.6. The highest BCUT2D eigenvalue weighted by molar-refractivity contribution is 7.92. The highest BCUT2D eigenvalue weighted by Crippen LogP contribution is 2.30. The van der Waals surface area contributed by atoms with Crippen LogP contribution in [-0.2, 0) is 9.84 Å². The first kappa shape index (κ1) is 17.8. The molecule has 3 aromatic rings. The van der Waals surface area contributed by atoms with E-state index in [2.05, 4.69) is 10.1 Å². The van der Waals surface area contributed by atoms with Gasteiger partial charge in [-0.05, 0) is 24.3 Å². The predicted molar refractivity (Wildman–Crippen MR) is 85.4 cm³/mol. The molecule has 0 atom stereocenters. The molecule has 0 radical (unpaired) electrons. The van der Waals surface area contributed by atoms with Gasteiger partial charge in [-0.3, -0.25) is 4.79 Å². The summed E-state index contributed by atoms with van der Waals surface area (Å²) in [6.45, 7) is 0. The topological polar surface area (TPSA) is 81.9 Å². The van der Waals surface area contributed by atoms with E-state index in [1.807, 2.05) is 0 Å². The van der Waals surface area contributed by atoms with Crippen molar-refractivity contribution in [3.05, 3.63) is 60.4 Å². The summed E-state index contributed by atoms with van der Waals surface area (Å²) < 4.78 is 61.7. The van der Waals surface area contributed by atoms with E-state index in [9.17, 15) is 26.4 Å². The monoisotopic (exact) mass is 381 g/mol. The molecule has 0 N–H and O–H groups in total. The fraction of sp³-hybridized carbons (Fsp3) is 0.0625.